The normalized spacial score (nSPS) is 12.2. The Morgan fingerprint density at radius 1 is 0.844 bits per heavy atom. The highest BCUT2D eigenvalue weighted by Gasteiger charge is 2.34. The quantitative estimate of drug-likeness (QED) is 0.392. The zero-order chi connectivity index (χ0) is 23.1. The predicted octanol–water partition coefficient (Wildman–Crippen LogP) is 5.52. The van der Waals surface area contributed by atoms with Gasteiger partial charge >= 0.3 is 6.18 Å². The average Bonchev–Trinajstić information content (AvgIpc) is 3.27. The molecule has 32 heavy (non-hydrogen) atoms. The van der Waals surface area contributed by atoms with Gasteiger partial charge in [0.2, 0.25) is 0 Å². The van der Waals surface area contributed by atoms with Crippen LogP contribution in [0.3, 0.4) is 0 Å². The molecule has 0 fully saturated rings. The third-order valence-electron chi connectivity index (χ3n) is 5.22. The number of hydrogen-bond donors (Lipinski definition) is 0. The van der Waals surface area contributed by atoms with Gasteiger partial charge < -0.3 is 0 Å². The van der Waals surface area contributed by atoms with Gasteiger partial charge in [-0.3, -0.25) is 9.97 Å². The first-order valence-corrected chi connectivity index (χ1v) is 9.77. The molecule has 0 atom stereocenters. The first-order valence-electron chi connectivity index (χ1n) is 9.77. The first-order chi connectivity index (χ1) is 15.1. The van der Waals surface area contributed by atoms with Crippen molar-refractivity contribution < 1.29 is 17.6 Å². The number of rotatable bonds is 4. The molecule has 5 nitrogen and oxygen atoms in total. The Kier molecular flexibility index (Phi) is 5.28. The van der Waals surface area contributed by atoms with Crippen LogP contribution in [0.25, 0.3) is 17.1 Å². The van der Waals surface area contributed by atoms with Gasteiger partial charge in [-0.05, 0) is 57.2 Å². The van der Waals surface area contributed by atoms with Gasteiger partial charge in [-0.25, -0.2) is 14.1 Å². The maximum Gasteiger partial charge on any atom is 0.435 e. The molecule has 0 radical (unpaired) electrons. The highest BCUT2D eigenvalue weighted by molar-refractivity contribution is 5.60. The number of pyridine rings is 3. The molecule has 0 saturated heterocycles. The van der Waals surface area contributed by atoms with Crippen LogP contribution < -0.4 is 0 Å². The van der Waals surface area contributed by atoms with E-state index in [0.29, 0.717) is 22.6 Å². The average molecular weight is 441 g/mol. The number of halogens is 4. The monoisotopic (exact) mass is 441 g/mol. The minimum atomic E-state index is -4.53. The van der Waals surface area contributed by atoms with E-state index in [1.54, 1.807) is 49.4 Å². The molecule has 9 heteroatoms. The topological polar surface area (TPSA) is 56.5 Å². The van der Waals surface area contributed by atoms with E-state index in [1.807, 2.05) is 13.8 Å². The van der Waals surface area contributed by atoms with Gasteiger partial charge in [0.15, 0.2) is 17.3 Å². The lowest BCUT2D eigenvalue weighted by Crippen LogP contribution is -2.23. The van der Waals surface area contributed by atoms with E-state index in [0.717, 1.165) is 10.7 Å². The highest BCUT2D eigenvalue weighted by atomic mass is 19.4. The lowest BCUT2D eigenvalue weighted by Gasteiger charge is -2.24. The summed E-state index contributed by atoms with van der Waals surface area (Å²) in [5.41, 5.74) is 0.573. The largest absolute Gasteiger partial charge is 0.435 e. The van der Waals surface area contributed by atoms with Gasteiger partial charge in [-0.1, -0.05) is 12.1 Å². The van der Waals surface area contributed by atoms with Crippen molar-refractivity contribution in [1.29, 1.82) is 0 Å². The van der Waals surface area contributed by atoms with E-state index in [9.17, 15) is 17.6 Å². The van der Waals surface area contributed by atoms with E-state index in [-0.39, 0.29) is 11.5 Å². The van der Waals surface area contributed by atoms with E-state index in [1.165, 1.54) is 12.4 Å². The third kappa shape index (κ3) is 3.98. The minimum Gasteiger partial charge on any atom is -0.258 e. The van der Waals surface area contributed by atoms with Gasteiger partial charge in [0.25, 0.3) is 0 Å². The van der Waals surface area contributed by atoms with E-state index in [2.05, 4.69) is 20.1 Å². The summed E-state index contributed by atoms with van der Waals surface area (Å²) in [7, 11) is 0. The summed E-state index contributed by atoms with van der Waals surface area (Å²) in [5, 5.41) is 3.59. The SMILES string of the molecule is Cc1nccc(-c2cccc(C(C)(C)c3cccc(-n4ccc(C(F)(F)F)n4)n3)n2)c1F. The predicted molar refractivity (Wildman–Crippen MR) is 111 cm³/mol. The Hall–Kier alpha value is -3.62. The summed E-state index contributed by atoms with van der Waals surface area (Å²) in [6.45, 7) is 5.37. The Labute approximate surface area is 181 Å². The molecule has 0 unspecified atom stereocenters. The van der Waals surface area contributed by atoms with Crippen molar-refractivity contribution in [3.63, 3.8) is 0 Å². The Balaban J connectivity index is 1.72. The molecule has 164 valence electrons. The number of aromatic nitrogens is 5. The maximum absolute atomic E-state index is 14.6. The zero-order valence-electron chi connectivity index (χ0n) is 17.5. The standard InChI is InChI=1S/C23H19F4N5/c1-14-21(24)15(10-12-28-14)16-6-4-7-17(29-16)22(2,3)18-8-5-9-20(30-18)32-13-11-19(31-32)23(25,26)27/h4-13H,1-3H3. The van der Waals surface area contributed by atoms with Crippen LogP contribution in [0.5, 0.6) is 0 Å². The van der Waals surface area contributed by atoms with Crippen molar-refractivity contribution in [3.05, 3.63) is 89.5 Å². The lowest BCUT2D eigenvalue weighted by molar-refractivity contribution is -0.141. The van der Waals surface area contributed by atoms with Gasteiger partial charge in [0.1, 0.15) is 0 Å². The van der Waals surface area contributed by atoms with Crippen molar-refractivity contribution in [2.75, 3.05) is 0 Å². The fourth-order valence-electron chi connectivity index (χ4n) is 3.31. The molecule has 0 N–H and O–H groups in total. The molecule has 4 heterocycles. The van der Waals surface area contributed by atoms with Crippen LogP contribution in [0.15, 0.2) is 60.9 Å². The third-order valence-corrected chi connectivity index (χ3v) is 5.22. The molecule has 0 aliphatic carbocycles. The molecule has 0 aliphatic heterocycles. The number of alkyl halides is 3. The van der Waals surface area contributed by atoms with E-state index in [4.69, 9.17) is 0 Å². The Morgan fingerprint density at radius 2 is 1.53 bits per heavy atom. The molecule has 0 spiro atoms. The van der Waals surface area contributed by atoms with Crippen LogP contribution in [-0.2, 0) is 11.6 Å². The second-order valence-corrected chi connectivity index (χ2v) is 7.82. The Bertz CT molecular complexity index is 1280. The molecule has 4 aromatic heterocycles. The molecular formula is C23H19F4N5. The molecule has 4 aromatic rings. The summed E-state index contributed by atoms with van der Waals surface area (Å²) >= 11 is 0. The minimum absolute atomic E-state index is 0.248. The molecule has 0 amide bonds. The van der Waals surface area contributed by atoms with Gasteiger partial charge in [-0.2, -0.15) is 18.3 Å². The molecular weight excluding hydrogens is 422 g/mol. The molecule has 0 aliphatic rings. The summed E-state index contributed by atoms with van der Waals surface area (Å²) in [6.07, 6.45) is -1.79. The number of aryl methyl sites for hydroxylation is 1. The second-order valence-electron chi connectivity index (χ2n) is 7.82. The number of hydrogen-bond acceptors (Lipinski definition) is 4. The fraction of sp³-hybridized carbons (Fsp3) is 0.217. The van der Waals surface area contributed by atoms with Crippen LogP contribution in [-0.4, -0.2) is 24.7 Å². The van der Waals surface area contributed by atoms with Crippen molar-refractivity contribution in [3.8, 4) is 17.1 Å². The van der Waals surface area contributed by atoms with Crippen LogP contribution in [0.4, 0.5) is 17.6 Å². The maximum atomic E-state index is 14.6. The first kappa shape index (κ1) is 21.6. The van der Waals surface area contributed by atoms with Gasteiger partial charge in [0, 0.05) is 23.4 Å². The van der Waals surface area contributed by atoms with Crippen LogP contribution >= 0.6 is 0 Å². The van der Waals surface area contributed by atoms with Crippen LogP contribution in [0.1, 0.15) is 36.6 Å². The molecule has 0 saturated carbocycles. The van der Waals surface area contributed by atoms with E-state index >= 15 is 0 Å². The zero-order valence-corrected chi connectivity index (χ0v) is 17.5. The highest BCUT2D eigenvalue weighted by Crippen LogP contribution is 2.32. The van der Waals surface area contributed by atoms with Crippen molar-refractivity contribution in [2.45, 2.75) is 32.4 Å². The number of nitrogens with zero attached hydrogens (tertiary/aromatic N) is 5. The van der Waals surface area contributed by atoms with Crippen molar-refractivity contribution in [2.24, 2.45) is 0 Å². The summed E-state index contributed by atoms with van der Waals surface area (Å²) in [6, 6.07) is 12.8. The molecule has 4 rings (SSSR count). The molecule has 0 aromatic carbocycles. The second kappa shape index (κ2) is 7.81. The van der Waals surface area contributed by atoms with E-state index < -0.39 is 23.1 Å². The van der Waals surface area contributed by atoms with Crippen molar-refractivity contribution >= 4 is 0 Å². The van der Waals surface area contributed by atoms with Gasteiger partial charge in [0.05, 0.1) is 22.8 Å². The smallest absolute Gasteiger partial charge is 0.258 e. The van der Waals surface area contributed by atoms with Crippen LogP contribution in [0.2, 0.25) is 0 Å². The van der Waals surface area contributed by atoms with Crippen molar-refractivity contribution in [1.82, 2.24) is 24.7 Å². The fourth-order valence-corrected chi connectivity index (χ4v) is 3.31. The summed E-state index contributed by atoms with van der Waals surface area (Å²) in [4.78, 5) is 13.1. The Morgan fingerprint density at radius 3 is 2.22 bits per heavy atom. The lowest BCUT2D eigenvalue weighted by atomic mass is 9.84. The molecule has 0 bridgehead atoms. The van der Waals surface area contributed by atoms with Crippen LogP contribution in [0, 0.1) is 12.7 Å². The summed E-state index contributed by atoms with van der Waals surface area (Å²) in [5.74, 6) is -0.188. The summed E-state index contributed by atoms with van der Waals surface area (Å²) < 4.78 is 54.4. The van der Waals surface area contributed by atoms with Gasteiger partial charge in [-0.15, -0.1) is 0 Å².